The van der Waals surface area contributed by atoms with Crippen LogP contribution < -0.4 is 15.8 Å². The van der Waals surface area contributed by atoms with Crippen molar-refractivity contribution >= 4 is 33.3 Å². The summed E-state index contributed by atoms with van der Waals surface area (Å²) in [6, 6.07) is 10.4. The summed E-state index contributed by atoms with van der Waals surface area (Å²) in [6.07, 6.45) is -4.65. The number of carbonyl (C=O) groups is 1. The van der Waals surface area contributed by atoms with E-state index in [2.05, 4.69) is 25.2 Å². The lowest BCUT2D eigenvalue weighted by Gasteiger charge is -2.09. The summed E-state index contributed by atoms with van der Waals surface area (Å²) in [7, 11) is -3.83. The fraction of sp³-hybridized carbons (Fsp3) is 0.111. The van der Waals surface area contributed by atoms with Crippen molar-refractivity contribution in [1.82, 2.24) is 15.2 Å². The highest BCUT2D eigenvalue weighted by molar-refractivity contribution is 7.92. The summed E-state index contributed by atoms with van der Waals surface area (Å²) in [5.74, 6) is -1.90. The number of alkyl halides is 3. The highest BCUT2D eigenvalue weighted by Gasteiger charge is 2.32. The molecule has 0 aliphatic rings. The quantitative estimate of drug-likeness (QED) is 0.416. The zero-order valence-corrected chi connectivity index (χ0v) is 16.8. The third-order valence-electron chi connectivity index (χ3n) is 3.99. The molecule has 166 valence electrons. The van der Waals surface area contributed by atoms with Crippen LogP contribution in [-0.2, 0) is 16.2 Å². The summed E-state index contributed by atoms with van der Waals surface area (Å²) in [5.41, 5.74) is 4.79. The van der Waals surface area contributed by atoms with Gasteiger partial charge in [0.2, 0.25) is 10.0 Å². The van der Waals surface area contributed by atoms with Crippen molar-refractivity contribution in [3.05, 3.63) is 53.7 Å². The highest BCUT2D eigenvalue weighted by Crippen LogP contribution is 2.31. The molecule has 3 rings (SSSR count). The van der Waals surface area contributed by atoms with Gasteiger partial charge in [-0.2, -0.15) is 23.5 Å². The Hall–Kier alpha value is -4.12. The Balaban J connectivity index is 1.91. The average Bonchev–Trinajstić information content (AvgIpc) is 3.11. The largest absolute Gasteiger partial charge is 0.433 e. The molecule has 1 aromatic carbocycles. The van der Waals surface area contributed by atoms with Gasteiger partial charge in [-0.25, -0.2) is 13.4 Å². The third-order valence-corrected chi connectivity index (χ3v) is 5.05. The van der Waals surface area contributed by atoms with Crippen LogP contribution in [0.15, 0.2) is 42.5 Å². The molecule has 0 radical (unpaired) electrons. The molecule has 0 aliphatic carbocycles. The normalized spacial score (nSPS) is 11.6. The molecule has 2 aromatic heterocycles. The predicted molar refractivity (Wildman–Crippen MR) is 108 cm³/mol. The predicted octanol–water partition coefficient (Wildman–Crippen LogP) is 2.60. The van der Waals surface area contributed by atoms with Crippen molar-refractivity contribution in [1.29, 1.82) is 5.26 Å². The lowest BCUT2D eigenvalue weighted by Crippen LogP contribution is -2.15. The van der Waals surface area contributed by atoms with Gasteiger partial charge in [0.15, 0.2) is 5.75 Å². The van der Waals surface area contributed by atoms with Gasteiger partial charge in [-0.1, -0.05) is 18.2 Å². The molecule has 1 amide bonds. The Morgan fingerprint density at radius 1 is 1.19 bits per heavy atom. The minimum Gasteiger partial charge on any atom is -0.365 e. The molecule has 32 heavy (non-hydrogen) atoms. The van der Waals surface area contributed by atoms with E-state index in [1.54, 1.807) is 0 Å². The monoisotopic (exact) mass is 465 g/mol. The molecule has 0 bridgehead atoms. The highest BCUT2D eigenvalue weighted by atomic mass is 32.2. The summed E-state index contributed by atoms with van der Waals surface area (Å²) in [4.78, 5) is 15.5. The van der Waals surface area contributed by atoms with Gasteiger partial charge < -0.3 is 11.1 Å². The zero-order chi connectivity index (χ0) is 23.5. The number of anilines is 3. The number of benzene rings is 1. The Morgan fingerprint density at radius 3 is 2.47 bits per heavy atom. The van der Waals surface area contributed by atoms with Gasteiger partial charge in [-0.3, -0.25) is 14.6 Å². The van der Waals surface area contributed by atoms with Gasteiger partial charge in [-0.05, 0) is 24.3 Å². The Kier molecular flexibility index (Phi) is 6.03. The molecule has 0 saturated heterocycles. The molecule has 0 spiro atoms. The minimum atomic E-state index is -4.65. The number of nitriles is 1. The van der Waals surface area contributed by atoms with E-state index in [9.17, 15) is 26.4 Å². The van der Waals surface area contributed by atoms with Crippen molar-refractivity contribution in [2.45, 2.75) is 6.18 Å². The van der Waals surface area contributed by atoms with Crippen LogP contribution in [0.5, 0.6) is 0 Å². The van der Waals surface area contributed by atoms with E-state index in [1.165, 1.54) is 36.4 Å². The average molecular weight is 465 g/mol. The number of nitrogens with zero attached hydrogens (tertiary/aromatic N) is 3. The fourth-order valence-electron chi connectivity index (χ4n) is 2.67. The lowest BCUT2D eigenvalue weighted by atomic mass is 10.1. The van der Waals surface area contributed by atoms with Crippen LogP contribution in [0, 0.1) is 11.3 Å². The third kappa shape index (κ3) is 5.13. The van der Waals surface area contributed by atoms with Gasteiger partial charge in [0.05, 0.1) is 6.07 Å². The second-order valence-corrected chi connectivity index (χ2v) is 8.04. The number of halogens is 3. The van der Waals surface area contributed by atoms with Crippen LogP contribution in [0.4, 0.5) is 30.5 Å². The molecule has 0 fully saturated rings. The van der Waals surface area contributed by atoms with Crippen molar-refractivity contribution in [3.8, 4) is 17.3 Å². The number of aromatic amines is 1. The standard InChI is InChI=1S/C18H14F3N7O3S/c19-18(20,21)12-2-1-3-13(24-12)25-17-14(16(23)29)15(26-27-17)10-4-6-11(7-5-10)28-32(30,31)9-8-22/h1-7,28H,9H2,(H2,23,29)(H2,24,25,26,27). The van der Waals surface area contributed by atoms with Crippen LogP contribution in [-0.4, -0.2) is 35.3 Å². The number of nitrogens with one attached hydrogen (secondary N) is 3. The number of carbonyl (C=O) groups excluding carboxylic acids is 1. The van der Waals surface area contributed by atoms with Gasteiger partial charge in [0.25, 0.3) is 5.91 Å². The van der Waals surface area contributed by atoms with E-state index in [1.807, 2.05) is 0 Å². The van der Waals surface area contributed by atoms with Crippen LogP contribution in [0.3, 0.4) is 0 Å². The Bertz CT molecular complexity index is 1300. The Morgan fingerprint density at radius 2 is 1.88 bits per heavy atom. The Labute approximate surface area is 179 Å². The van der Waals surface area contributed by atoms with E-state index in [-0.39, 0.29) is 28.6 Å². The first-order chi connectivity index (χ1) is 15.0. The molecule has 0 unspecified atom stereocenters. The first kappa shape index (κ1) is 22.6. The van der Waals surface area contributed by atoms with E-state index in [0.29, 0.717) is 5.56 Å². The number of primary amides is 1. The van der Waals surface area contributed by atoms with Crippen LogP contribution in [0.1, 0.15) is 16.1 Å². The summed E-state index contributed by atoms with van der Waals surface area (Å²) < 4.78 is 64.2. The number of H-pyrrole nitrogens is 1. The molecule has 0 aliphatic heterocycles. The van der Waals surface area contributed by atoms with Crippen molar-refractivity contribution in [3.63, 3.8) is 0 Å². The summed E-state index contributed by atoms with van der Waals surface area (Å²) >= 11 is 0. The fourth-order valence-corrected chi connectivity index (χ4v) is 3.41. The lowest BCUT2D eigenvalue weighted by molar-refractivity contribution is -0.141. The first-order valence-corrected chi connectivity index (χ1v) is 10.3. The second kappa shape index (κ2) is 8.55. The maximum atomic E-state index is 12.9. The molecule has 5 N–H and O–H groups in total. The summed E-state index contributed by atoms with van der Waals surface area (Å²) in [6.45, 7) is 0. The summed E-state index contributed by atoms with van der Waals surface area (Å²) in [5, 5.41) is 17.6. The molecular formula is C18H14F3N7O3S. The van der Waals surface area contributed by atoms with Crippen molar-refractivity contribution < 1.29 is 26.4 Å². The van der Waals surface area contributed by atoms with Gasteiger partial charge >= 0.3 is 6.18 Å². The zero-order valence-electron chi connectivity index (χ0n) is 15.9. The molecule has 10 nitrogen and oxygen atoms in total. The molecule has 0 saturated carbocycles. The number of aromatic nitrogens is 3. The van der Waals surface area contributed by atoms with E-state index in [4.69, 9.17) is 11.0 Å². The van der Waals surface area contributed by atoms with E-state index < -0.39 is 33.6 Å². The molecular weight excluding hydrogens is 451 g/mol. The topological polar surface area (TPSA) is 167 Å². The number of pyridine rings is 1. The maximum Gasteiger partial charge on any atom is 0.433 e. The number of hydrogen-bond donors (Lipinski definition) is 4. The SMILES string of the molecule is N#CCS(=O)(=O)Nc1ccc(-c2n[nH]c(Nc3cccc(C(F)(F)F)n3)c2C(N)=O)cc1. The molecule has 3 aromatic rings. The van der Waals surface area contributed by atoms with Crippen molar-refractivity contribution in [2.75, 3.05) is 15.8 Å². The number of amides is 1. The van der Waals surface area contributed by atoms with Gasteiger partial charge in [0.1, 0.15) is 28.6 Å². The first-order valence-electron chi connectivity index (χ1n) is 8.67. The van der Waals surface area contributed by atoms with Gasteiger partial charge in [0, 0.05) is 11.3 Å². The molecule has 0 atom stereocenters. The number of rotatable bonds is 7. The van der Waals surface area contributed by atoms with E-state index >= 15 is 0 Å². The minimum absolute atomic E-state index is 0.0712. The van der Waals surface area contributed by atoms with E-state index in [0.717, 1.165) is 12.1 Å². The maximum absolute atomic E-state index is 12.9. The molecule has 2 heterocycles. The van der Waals surface area contributed by atoms with Crippen molar-refractivity contribution in [2.24, 2.45) is 5.73 Å². The second-order valence-electron chi connectivity index (χ2n) is 6.31. The number of hydrogen-bond acceptors (Lipinski definition) is 7. The van der Waals surface area contributed by atoms with Crippen LogP contribution in [0.2, 0.25) is 0 Å². The van der Waals surface area contributed by atoms with Crippen LogP contribution in [0.25, 0.3) is 11.3 Å². The number of sulfonamides is 1. The number of nitrogens with two attached hydrogens (primary N) is 1. The van der Waals surface area contributed by atoms with Gasteiger partial charge in [-0.15, -0.1) is 0 Å². The van der Waals surface area contributed by atoms with Crippen LogP contribution >= 0.6 is 0 Å². The smallest absolute Gasteiger partial charge is 0.365 e. The molecule has 14 heteroatoms.